The van der Waals surface area contributed by atoms with Gasteiger partial charge < -0.3 is 20.4 Å². The molecule has 0 saturated heterocycles. The largest absolute Gasteiger partial charge is 0.507 e. The molecule has 1 aromatic carbocycles. The molecule has 31 heavy (non-hydrogen) atoms. The number of aromatic hydroxyl groups is 1. The topological polar surface area (TPSA) is 111 Å². The molecule has 0 aliphatic rings. The third kappa shape index (κ3) is 4.79. The molecule has 2 amide bonds. The summed E-state index contributed by atoms with van der Waals surface area (Å²) in [4.78, 5) is 22.9. The van der Waals surface area contributed by atoms with Gasteiger partial charge in [-0.05, 0) is 53.9 Å². The number of nitrogens with one attached hydrogen (secondary N) is 2. The molecule has 0 radical (unpaired) electrons. The molecule has 9 heteroatoms. The molecule has 166 valence electrons. The maximum atomic E-state index is 11.9. The van der Waals surface area contributed by atoms with Gasteiger partial charge in [0.15, 0.2) is 5.13 Å². The highest BCUT2D eigenvalue weighted by Crippen LogP contribution is 2.44. The Bertz CT molecular complexity index is 1090. The summed E-state index contributed by atoms with van der Waals surface area (Å²) < 4.78 is 0.815. The minimum atomic E-state index is -1.05. The number of amides is 2. The molecule has 0 fully saturated rings. The van der Waals surface area contributed by atoms with Crippen LogP contribution in [0.1, 0.15) is 45.0 Å². The zero-order valence-corrected chi connectivity index (χ0v) is 19.5. The van der Waals surface area contributed by atoms with Gasteiger partial charge in [0.2, 0.25) is 0 Å². The molecule has 1 unspecified atom stereocenters. The highest BCUT2D eigenvalue weighted by atomic mass is 32.1. The van der Waals surface area contributed by atoms with E-state index in [1.54, 1.807) is 32.2 Å². The van der Waals surface area contributed by atoms with E-state index >= 15 is 0 Å². The van der Waals surface area contributed by atoms with Gasteiger partial charge in [0.05, 0.1) is 15.9 Å². The van der Waals surface area contributed by atoms with Gasteiger partial charge in [0, 0.05) is 35.5 Å². The number of aromatic nitrogens is 2. The number of carbonyl (C=O) groups is 1. The number of phenols is 1. The summed E-state index contributed by atoms with van der Waals surface area (Å²) in [6, 6.07) is 4.96. The van der Waals surface area contributed by atoms with Crippen LogP contribution >= 0.6 is 11.3 Å². The standard InChI is InChI=1S/C22H29N5O3S/c1-7-23-20(29)26-21-25-15-10-14(13-8-9-16(24-11-13)22(3,4)30)18(28)17(19(15)31-21)12(2)27(5)6/h8-12,28,30H,7H2,1-6H3,(H2,23,25,26,29). The Balaban J connectivity index is 2.16. The van der Waals surface area contributed by atoms with Crippen LogP contribution in [-0.2, 0) is 5.60 Å². The number of hydrogen-bond donors (Lipinski definition) is 4. The van der Waals surface area contributed by atoms with Crippen molar-refractivity contribution in [3.63, 3.8) is 0 Å². The molecule has 4 N–H and O–H groups in total. The maximum absolute atomic E-state index is 11.9. The Morgan fingerprint density at radius 2 is 2.03 bits per heavy atom. The van der Waals surface area contributed by atoms with E-state index in [2.05, 4.69) is 20.6 Å². The van der Waals surface area contributed by atoms with Crippen LogP contribution in [0.3, 0.4) is 0 Å². The highest BCUT2D eigenvalue weighted by Gasteiger charge is 2.24. The van der Waals surface area contributed by atoms with Crippen LogP contribution in [0.25, 0.3) is 21.3 Å². The van der Waals surface area contributed by atoms with Gasteiger partial charge in [-0.2, -0.15) is 0 Å². The number of benzene rings is 1. The number of carbonyl (C=O) groups excluding carboxylic acids is 1. The zero-order chi connectivity index (χ0) is 22.9. The first kappa shape index (κ1) is 22.9. The number of thiazole rings is 1. The van der Waals surface area contributed by atoms with E-state index in [1.165, 1.54) is 11.3 Å². The van der Waals surface area contributed by atoms with E-state index in [0.717, 1.165) is 10.3 Å². The van der Waals surface area contributed by atoms with Crippen molar-refractivity contribution < 1.29 is 15.0 Å². The first-order valence-electron chi connectivity index (χ1n) is 10.1. The summed E-state index contributed by atoms with van der Waals surface area (Å²) in [6.07, 6.45) is 1.64. The number of aliphatic hydroxyl groups is 1. The molecule has 3 rings (SSSR count). The minimum Gasteiger partial charge on any atom is -0.507 e. The lowest BCUT2D eigenvalue weighted by molar-refractivity contribution is 0.0739. The van der Waals surface area contributed by atoms with Crippen molar-refractivity contribution in [1.82, 2.24) is 20.2 Å². The van der Waals surface area contributed by atoms with E-state index in [1.807, 2.05) is 38.9 Å². The average molecular weight is 444 g/mol. The van der Waals surface area contributed by atoms with Gasteiger partial charge in [-0.1, -0.05) is 17.4 Å². The molecular formula is C22H29N5O3S. The lowest BCUT2D eigenvalue weighted by Gasteiger charge is -2.23. The fraction of sp³-hybridized carbons (Fsp3) is 0.409. The predicted octanol–water partition coefficient (Wildman–Crippen LogP) is 4.06. The molecule has 0 aliphatic carbocycles. The van der Waals surface area contributed by atoms with Crippen LogP contribution < -0.4 is 10.6 Å². The number of phenolic OH excluding ortho intramolecular Hbond substituents is 1. The van der Waals surface area contributed by atoms with Crippen LogP contribution in [0.5, 0.6) is 5.75 Å². The predicted molar refractivity (Wildman–Crippen MR) is 125 cm³/mol. The second-order valence-corrected chi connectivity index (χ2v) is 9.17. The Labute approximate surface area is 186 Å². The number of pyridine rings is 1. The normalized spacial score (nSPS) is 12.9. The Hall–Kier alpha value is -2.75. The lowest BCUT2D eigenvalue weighted by atomic mass is 9.97. The van der Waals surface area contributed by atoms with Crippen LogP contribution in [0, 0.1) is 0 Å². The van der Waals surface area contributed by atoms with Crippen LogP contribution in [0.4, 0.5) is 9.93 Å². The molecule has 2 aromatic heterocycles. The summed E-state index contributed by atoms with van der Waals surface area (Å²) in [5.74, 6) is 0.153. The van der Waals surface area contributed by atoms with Crippen molar-refractivity contribution in [2.75, 3.05) is 26.0 Å². The van der Waals surface area contributed by atoms with Crippen LogP contribution in [0.2, 0.25) is 0 Å². The Morgan fingerprint density at radius 3 is 2.58 bits per heavy atom. The fourth-order valence-corrected chi connectivity index (χ4v) is 4.28. The Kier molecular flexibility index (Phi) is 6.49. The molecule has 1 atom stereocenters. The van der Waals surface area contributed by atoms with Crippen molar-refractivity contribution in [2.45, 2.75) is 39.3 Å². The first-order chi connectivity index (χ1) is 14.5. The van der Waals surface area contributed by atoms with E-state index in [4.69, 9.17) is 0 Å². The molecule has 8 nitrogen and oxygen atoms in total. The third-order valence-corrected chi connectivity index (χ3v) is 6.16. The summed E-state index contributed by atoms with van der Waals surface area (Å²) in [5, 5.41) is 27.3. The van der Waals surface area contributed by atoms with E-state index < -0.39 is 5.60 Å². The summed E-state index contributed by atoms with van der Waals surface area (Å²) in [7, 11) is 3.88. The molecule has 0 spiro atoms. The number of hydrogen-bond acceptors (Lipinski definition) is 7. The van der Waals surface area contributed by atoms with Gasteiger partial charge >= 0.3 is 6.03 Å². The number of nitrogens with zero attached hydrogens (tertiary/aromatic N) is 3. The maximum Gasteiger partial charge on any atom is 0.321 e. The second-order valence-electron chi connectivity index (χ2n) is 8.17. The number of fused-ring (bicyclic) bond motifs is 1. The number of urea groups is 1. The molecule has 2 heterocycles. The van der Waals surface area contributed by atoms with Crippen LogP contribution in [-0.4, -0.2) is 51.8 Å². The molecule has 0 aliphatic heterocycles. The third-order valence-electron chi connectivity index (χ3n) is 5.14. The van der Waals surface area contributed by atoms with Crippen molar-refractivity contribution in [3.05, 3.63) is 35.7 Å². The quantitative estimate of drug-likeness (QED) is 0.457. The number of anilines is 1. The SMILES string of the molecule is CCNC(=O)Nc1nc2cc(-c3ccc(C(C)(C)O)nc3)c(O)c(C(C)N(C)C)c2s1. The highest BCUT2D eigenvalue weighted by molar-refractivity contribution is 7.22. The number of rotatable bonds is 6. The van der Waals surface area contributed by atoms with Gasteiger partial charge in [-0.25, -0.2) is 9.78 Å². The minimum absolute atomic E-state index is 0.0937. The average Bonchev–Trinajstić information content (AvgIpc) is 3.08. The first-order valence-corrected chi connectivity index (χ1v) is 10.9. The monoisotopic (exact) mass is 443 g/mol. The van der Waals surface area contributed by atoms with Gasteiger partial charge in [0.25, 0.3) is 0 Å². The van der Waals surface area contributed by atoms with Crippen molar-refractivity contribution in [2.24, 2.45) is 0 Å². The molecular weight excluding hydrogens is 414 g/mol. The van der Waals surface area contributed by atoms with Crippen molar-refractivity contribution in [3.8, 4) is 16.9 Å². The summed E-state index contributed by atoms with van der Waals surface area (Å²) in [6.45, 7) is 7.71. The summed E-state index contributed by atoms with van der Waals surface area (Å²) >= 11 is 1.33. The van der Waals surface area contributed by atoms with Gasteiger partial charge in [-0.3, -0.25) is 10.3 Å². The van der Waals surface area contributed by atoms with E-state index in [9.17, 15) is 15.0 Å². The molecule has 3 aromatic rings. The van der Waals surface area contributed by atoms with Gasteiger partial charge in [-0.15, -0.1) is 0 Å². The molecule has 0 bridgehead atoms. The lowest BCUT2D eigenvalue weighted by Crippen LogP contribution is -2.28. The van der Waals surface area contributed by atoms with Crippen molar-refractivity contribution in [1.29, 1.82) is 0 Å². The summed E-state index contributed by atoms with van der Waals surface area (Å²) in [5.41, 5.74) is 2.22. The smallest absolute Gasteiger partial charge is 0.321 e. The van der Waals surface area contributed by atoms with Crippen LogP contribution in [0.15, 0.2) is 24.4 Å². The van der Waals surface area contributed by atoms with E-state index in [-0.39, 0.29) is 17.8 Å². The second kappa shape index (κ2) is 8.78. The van der Waals surface area contributed by atoms with Gasteiger partial charge in [0.1, 0.15) is 11.4 Å². The van der Waals surface area contributed by atoms with E-state index in [0.29, 0.717) is 34.0 Å². The molecule has 0 saturated carbocycles. The zero-order valence-electron chi connectivity index (χ0n) is 18.6. The fourth-order valence-electron chi connectivity index (χ4n) is 3.22. The Morgan fingerprint density at radius 1 is 1.32 bits per heavy atom. The van der Waals surface area contributed by atoms with Crippen molar-refractivity contribution >= 4 is 32.7 Å².